The predicted molar refractivity (Wildman–Crippen MR) is 64.2 cm³/mol. The van der Waals surface area contributed by atoms with E-state index in [1.807, 2.05) is 0 Å². The Bertz CT molecular complexity index is 371. The van der Waals surface area contributed by atoms with Gasteiger partial charge in [0, 0.05) is 0 Å². The first-order chi connectivity index (χ1) is 7.53. The summed E-state index contributed by atoms with van der Waals surface area (Å²) in [6, 6.07) is 3.32. The van der Waals surface area contributed by atoms with Crippen molar-refractivity contribution < 1.29 is 18.0 Å². The highest BCUT2D eigenvalue weighted by molar-refractivity contribution is 9.10. The molecule has 0 aliphatic rings. The second kappa shape index (κ2) is 5.98. The Morgan fingerprint density at radius 1 is 1.44 bits per heavy atom. The molecular weight excluding hydrogens is 297 g/mol. The van der Waals surface area contributed by atoms with Crippen molar-refractivity contribution in [1.29, 1.82) is 0 Å². The summed E-state index contributed by atoms with van der Waals surface area (Å²) in [5, 5.41) is 0. The molecule has 0 radical (unpaired) electrons. The fourth-order valence-electron chi connectivity index (χ4n) is 1.20. The van der Waals surface area contributed by atoms with Gasteiger partial charge in [-0.2, -0.15) is 0 Å². The van der Waals surface area contributed by atoms with E-state index in [1.54, 1.807) is 26.0 Å². The number of hydrogen-bond acceptors (Lipinski definition) is 5. The van der Waals surface area contributed by atoms with Gasteiger partial charge in [0.1, 0.15) is 5.76 Å². The third-order valence-corrected chi connectivity index (χ3v) is 4.44. The fourth-order valence-corrected chi connectivity index (χ4v) is 3.09. The van der Waals surface area contributed by atoms with E-state index >= 15 is 0 Å². The normalized spacial score (nSPS) is 14.0. The van der Waals surface area contributed by atoms with Gasteiger partial charge in [-0.25, -0.2) is 0 Å². The van der Waals surface area contributed by atoms with Gasteiger partial charge in [0.05, 0.1) is 13.2 Å². The van der Waals surface area contributed by atoms with Crippen LogP contribution in [-0.2, 0) is 13.6 Å². The van der Waals surface area contributed by atoms with Crippen LogP contribution in [-0.4, -0.2) is 13.2 Å². The van der Waals surface area contributed by atoms with E-state index in [9.17, 15) is 4.57 Å². The molecule has 0 aromatic carbocycles. The van der Waals surface area contributed by atoms with Gasteiger partial charge < -0.3 is 19.2 Å². The first kappa shape index (κ1) is 13.9. The van der Waals surface area contributed by atoms with E-state index in [2.05, 4.69) is 15.9 Å². The standard InChI is InChI=1S/C9H15BrNO4P/c1-3-13-16(12,14-4-2)9(11)7-5-6-8(10)15-7/h5-6,9H,3-4,11H2,1-2H3/t9-/m1/s1. The molecule has 1 heterocycles. The zero-order chi connectivity index (χ0) is 12.2. The van der Waals surface area contributed by atoms with Crippen LogP contribution in [0.15, 0.2) is 21.2 Å². The van der Waals surface area contributed by atoms with Crippen molar-refractivity contribution in [3.8, 4) is 0 Å². The molecule has 0 amide bonds. The highest BCUT2D eigenvalue weighted by atomic mass is 79.9. The number of nitrogens with two attached hydrogens (primary N) is 1. The van der Waals surface area contributed by atoms with Crippen LogP contribution in [0.1, 0.15) is 25.4 Å². The maximum absolute atomic E-state index is 12.3. The first-order valence-electron chi connectivity index (χ1n) is 4.93. The van der Waals surface area contributed by atoms with E-state index in [4.69, 9.17) is 19.2 Å². The minimum absolute atomic E-state index is 0.271. The Morgan fingerprint density at radius 3 is 2.38 bits per heavy atom. The van der Waals surface area contributed by atoms with Gasteiger partial charge >= 0.3 is 7.60 Å². The summed E-state index contributed by atoms with van der Waals surface area (Å²) in [6.45, 7) is 4.01. The lowest BCUT2D eigenvalue weighted by molar-refractivity contribution is 0.209. The molecule has 0 aliphatic carbocycles. The fraction of sp³-hybridized carbons (Fsp3) is 0.556. The lowest BCUT2D eigenvalue weighted by atomic mass is 10.5. The summed E-state index contributed by atoms with van der Waals surface area (Å²) in [5.74, 6) is -0.532. The van der Waals surface area contributed by atoms with E-state index in [1.165, 1.54) is 0 Å². The summed E-state index contributed by atoms with van der Waals surface area (Å²) in [5.41, 5.74) is 5.83. The van der Waals surface area contributed by atoms with Crippen LogP contribution in [0.2, 0.25) is 0 Å². The molecule has 0 saturated heterocycles. The first-order valence-corrected chi connectivity index (χ1v) is 7.33. The van der Waals surface area contributed by atoms with Gasteiger partial charge in [-0.3, -0.25) is 4.57 Å². The van der Waals surface area contributed by atoms with Gasteiger partial charge in [-0.05, 0) is 41.9 Å². The van der Waals surface area contributed by atoms with Crippen LogP contribution >= 0.6 is 23.5 Å². The molecule has 1 rings (SSSR count). The van der Waals surface area contributed by atoms with E-state index in [0.717, 1.165) is 0 Å². The van der Waals surface area contributed by atoms with Gasteiger partial charge in [-0.1, -0.05) is 0 Å². The second-order valence-corrected chi connectivity index (χ2v) is 5.90. The van der Waals surface area contributed by atoms with Crippen molar-refractivity contribution in [3.05, 3.63) is 22.6 Å². The van der Waals surface area contributed by atoms with Gasteiger partial charge in [0.2, 0.25) is 0 Å². The SMILES string of the molecule is CCOP(=O)(OCC)[C@@H](N)c1ccc(Br)o1. The molecule has 5 nitrogen and oxygen atoms in total. The molecule has 1 atom stereocenters. The van der Waals surface area contributed by atoms with Crippen LogP contribution in [0.4, 0.5) is 0 Å². The molecule has 1 aromatic heterocycles. The Labute approximate surface area is 103 Å². The number of hydrogen-bond donors (Lipinski definition) is 1. The highest BCUT2D eigenvalue weighted by Crippen LogP contribution is 2.58. The highest BCUT2D eigenvalue weighted by Gasteiger charge is 2.36. The summed E-state index contributed by atoms with van der Waals surface area (Å²) in [4.78, 5) is 0. The van der Waals surface area contributed by atoms with Crippen molar-refractivity contribution in [2.24, 2.45) is 5.73 Å². The Kier molecular flexibility index (Phi) is 5.21. The zero-order valence-corrected chi connectivity index (χ0v) is 11.7. The molecule has 0 fully saturated rings. The second-order valence-electron chi connectivity index (χ2n) is 2.96. The molecule has 16 heavy (non-hydrogen) atoms. The lowest BCUT2D eigenvalue weighted by Crippen LogP contribution is -2.14. The molecule has 2 N–H and O–H groups in total. The minimum Gasteiger partial charge on any atom is -0.452 e. The molecular formula is C9H15BrNO4P. The smallest absolute Gasteiger partial charge is 0.354 e. The maximum atomic E-state index is 12.3. The lowest BCUT2D eigenvalue weighted by Gasteiger charge is -2.21. The molecule has 0 aliphatic heterocycles. The molecule has 0 bridgehead atoms. The Balaban J connectivity index is 2.90. The maximum Gasteiger partial charge on any atom is 0.354 e. The Morgan fingerprint density at radius 2 is 2.00 bits per heavy atom. The average Bonchev–Trinajstić information content (AvgIpc) is 2.64. The molecule has 92 valence electrons. The van der Waals surface area contributed by atoms with Crippen molar-refractivity contribution in [1.82, 2.24) is 0 Å². The predicted octanol–water partition coefficient (Wildman–Crippen LogP) is 3.27. The van der Waals surface area contributed by atoms with Crippen LogP contribution in [0.3, 0.4) is 0 Å². The molecule has 7 heteroatoms. The van der Waals surface area contributed by atoms with Gasteiger partial charge in [0.25, 0.3) is 0 Å². The quantitative estimate of drug-likeness (QED) is 0.816. The zero-order valence-electron chi connectivity index (χ0n) is 9.18. The third-order valence-electron chi connectivity index (χ3n) is 1.84. The number of furan rings is 1. The Hall–Kier alpha value is -0.130. The molecule has 0 spiro atoms. The third kappa shape index (κ3) is 3.18. The van der Waals surface area contributed by atoms with Crippen LogP contribution in [0.5, 0.6) is 0 Å². The topological polar surface area (TPSA) is 74.7 Å². The van der Waals surface area contributed by atoms with Gasteiger partial charge in [0.15, 0.2) is 10.5 Å². The summed E-state index contributed by atoms with van der Waals surface area (Å²) >= 11 is 3.15. The van der Waals surface area contributed by atoms with Crippen LogP contribution in [0.25, 0.3) is 0 Å². The summed E-state index contributed by atoms with van der Waals surface area (Å²) in [6.07, 6.45) is 0. The largest absolute Gasteiger partial charge is 0.452 e. The van der Waals surface area contributed by atoms with Crippen molar-refractivity contribution in [2.75, 3.05) is 13.2 Å². The van der Waals surface area contributed by atoms with Crippen molar-refractivity contribution in [2.45, 2.75) is 19.6 Å². The van der Waals surface area contributed by atoms with Crippen molar-refractivity contribution >= 4 is 23.5 Å². The van der Waals surface area contributed by atoms with Gasteiger partial charge in [-0.15, -0.1) is 0 Å². The van der Waals surface area contributed by atoms with E-state index < -0.39 is 13.4 Å². The summed E-state index contributed by atoms with van der Waals surface area (Å²) in [7, 11) is -3.36. The van der Waals surface area contributed by atoms with Crippen molar-refractivity contribution in [3.63, 3.8) is 0 Å². The van der Waals surface area contributed by atoms with Crippen LogP contribution < -0.4 is 5.73 Å². The number of rotatable bonds is 6. The minimum atomic E-state index is -3.36. The number of halogens is 1. The molecule has 0 saturated carbocycles. The average molecular weight is 312 g/mol. The van der Waals surface area contributed by atoms with Crippen LogP contribution in [0, 0.1) is 0 Å². The van der Waals surface area contributed by atoms with E-state index in [0.29, 0.717) is 10.4 Å². The summed E-state index contributed by atoms with van der Waals surface area (Å²) < 4.78 is 28.3. The molecule has 1 aromatic rings. The van der Waals surface area contributed by atoms with E-state index in [-0.39, 0.29) is 13.2 Å². The monoisotopic (exact) mass is 311 g/mol. The molecule has 0 unspecified atom stereocenters.